The zero-order valence-electron chi connectivity index (χ0n) is 10.4. The number of benzene rings is 1. The number of nitrogens with one attached hydrogen (secondary N) is 1. The SMILES string of the molecule is Cl.NC1=NCCN1C(=O)Nc1c(Cl)cccc1C(F)(F)F. The number of amides is 2. The van der Waals surface area contributed by atoms with Crippen LogP contribution in [0.4, 0.5) is 23.7 Å². The molecule has 1 aromatic rings. The number of carbonyl (C=O) groups excluding carboxylic acids is 1. The summed E-state index contributed by atoms with van der Waals surface area (Å²) in [6, 6.07) is 2.45. The maximum absolute atomic E-state index is 12.9. The van der Waals surface area contributed by atoms with Crippen LogP contribution in [0, 0.1) is 0 Å². The number of guanidine groups is 1. The van der Waals surface area contributed by atoms with Gasteiger partial charge in [-0.15, -0.1) is 12.4 Å². The number of anilines is 1. The molecule has 0 radical (unpaired) electrons. The Bertz CT molecular complexity index is 577. The highest BCUT2D eigenvalue weighted by molar-refractivity contribution is 6.34. The molecule has 1 aliphatic rings. The van der Waals surface area contributed by atoms with Crippen LogP contribution >= 0.6 is 24.0 Å². The van der Waals surface area contributed by atoms with Gasteiger partial charge >= 0.3 is 12.2 Å². The van der Waals surface area contributed by atoms with Gasteiger partial charge in [0.25, 0.3) is 0 Å². The maximum atomic E-state index is 12.9. The summed E-state index contributed by atoms with van der Waals surface area (Å²) >= 11 is 5.73. The fourth-order valence-electron chi connectivity index (χ4n) is 1.73. The van der Waals surface area contributed by atoms with Crippen LogP contribution < -0.4 is 11.1 Å². The predicted molar refractivity (Wildman–Crippen MR) is 75.9 cm³/mol. The minimum Gasteiger partial charge on any atom is -0.369 e. The normalized spacial score (nSPS) is 14.5. The Labute approximate surface area is 129 Å². The Morgan fingerprint density at radius 1 is 1.43 bits per heavy atom. The van der Waals surface area contributed by atoms with Crippen molar-refractivity contribution in [2.75, 3.05) is 18.4 Å². The molecule has 3 N–H and O–H groups in total. The Morgan fingerprint density at radius 2 is 2.10 bits per heavy atom. The molecule has 0 saturated heterocycles. The molecule has 0 atom stereocenters. The zero-order chi connectivity index (χ0) is 14.9. The van der Waals surface area contributed by atoms with E-state index in [0.717, 1.165) is 17.0 Å². The van der Waals surface area contributed by atoms with E-state index in [1.807, 2.05) is 0 Å². The predicted octanol–water partition coefficient (Wildman–Crippen LogP) is 2.94. The molecular weight excluding hydrogens is 332 g/mol. The van der Waals surface area contributed by atoms with Crippen LogP contribution in [0.25, 0.3) is 0 Å². The minimum absolute atomic E-state index is 0. The van der Waals surface area contributed by atoms with E-state index in [2.05, 4.69) is 10.3 Å². The lowest BCUT2D eigenvalue weighted by atomic mass is 10.1. The van der Waals surface area contributed by atoms with E-state index in [-0.39, 0.29) is 29.9 Å². The number of hydrogen-bond donors (Lipinski definition) is 2. The first kappa shape index (κ1) is 17.4. The molecule has 1 aliphatic heterocycles. The molecule has 0 aliphatic carbocycles. The van der Waals surface area contributed by atoms with Gasteiger partial charge in [-0.3, -0.25) is 9.89 Å². The third-order valence-corrected chi connectivity index (χ3v) is 2.99. The van der Waals surface area contributed by atoms with Gasteiger partial charge in [0.1, 0.15) is 0 Å². The Balaban J connectivity index is 0.00000220. The molecule has 0 unspecified atom stereocenters. The smallest absolute Gasteiger partial charge is 0.369 e. The zero-order valence-corrected chi connectivity index (χ0v) is 12.0. The van der Waals surface area contributed by atoms with Gasteiger partial charge in [0.2, 0.25) is 0 Å². The lowest BCUT2D eigenvalue weighted by Crippen LogP contribution is -2.42. The third kappa shape index (κ3) is 3.70. The number of hydrogen-bond acceptors (Lipinski definition) is 3. The summed E-state index contributed by atoms with van der Waals surface area (Å²) < 4.78 is 38.6. The number of rotatable bonds is 1. The lowest BCUT2D eigenvalue weighted by Gasteiger charge is -2.19. The quantitative estimate of drug-likeness (QED) is 0.823. The van der Waals surface area contributed by atoms with Crippen molar-refractivity contribution in [3.05, 3.63) is 28.8 Å². The second-order valence-electron chi connectivity index (χ2n) is 3.98. The number of para-hydroxylation sites is 1. The molecule has 10 heteroatoms. The fraction of sp³-hybridized carbons (Fsp3) is 0.273. The maximum Gasteiger partial charge on any atom is 0.418 e. The van der Waals surface area contributed by atoms with E-state index >= 15 is 0 Å². The van der Waals surface area contributed by atoms with Crippen LogP contribution in [0.5, 0.6) is 0 Å². The summed E-state index contributed by atoms with van der Waals surface area (Å²) in [4.78, 5) is 16.7. The summed E-state index contributed by atoms with van der Waals surface area (Å²) in [7, 11) is 0. The summed E-state index contributed by atoms with van der Waals surface area (Å²) in [6.07, 6.45) is -4.63. The number of carbonyl (C=O) groups is 1. The van der Waals surface area contributed by atoms with E-state index in [0.29, 0.717) is 6.54 Å². The first-order valence-electron chi connectivity index (χ1n) is 5.55. The summed E-state index contributed by atoms with van der Waals surface area (Å²) in [5.74, 6) is -0.0388. The molecular formula is C11H11Cl2F3N4O. The van der Waals surface area contributed by atoms with E-state index < -0.39 is 23.5 Å². The monoisotopic (exact) mass is 342 g/mol. The second-order valence-corrected chi connectivity index (χ2v) is 4.39. The van der Waals surface area contributed by atoms with Gasteiger partial charge in [0, 0.05) is 0 Å². The number of urea groups is 1. The molecule has 0 saturated carbocycles. The van der Waals surface area contributed by atoms with Gasteiger partial charge in [-0.25, -0.2) is 4.79 Å². The highest BCUT2D eigenvalue weighted by Crippen LogP contribution is 2.38. The average Bonchev–Trinajstić information content (AvgIpc) is 2.76. The fourth-order valence-corrected chi connectivity index (χ4v) is 1.95. The molecule has 1 aromatic carbocycles. The highest BCUT2D eigenvalue weighted by Gasteiger charge is 2.35. The standard InChI is InChI=1S/C11H10ClF3N4O.ClH/c12-7-3-1-2-6(11(13,14)15)8(7)18-10(20)19-5-4-17-9(19)16;/h1-3H,4-5H2,(H2,16,17)(H,18,20);1H. The molecule has 116 valence electrons. The van der Waals surface area contributed by atoms with Gasteiger partial charge < -0.3 is 11.1 Å². The van der Waals surface area contributed by atoms with Gasteiger partial charge in [0.05, 0.1) is 29.4 Å². The number of nitrogens with zero attached hydrogens (tertiary/aromatic N) is 2. The molecule has 0 fully saturated rings. The molecule has 0 bridgehead atoms. The van der Waals surface area contributed by atoms with Gasteiger partial charge in [0.15, 0.2) is 5.96 Å². The van der Waals surface area contributed by atoms with Crippen molar-refractivity contribution in [2.24, 2.45) is 10.7 Å². The molecule has 2 rings (SSSR count). The highest BCUT2D eigenvalue weighted by atomic mass is 35.5. The summed E-state index contributed by atoms with van der Waals surface area (Å²) in [5, 5.41) is 1.93. The molecule has 0 aromatic heterocycles. The van der Waals surface area contributed by atoms with Crippen LogP contribution in [-0.2, 0) is 6.18 Å². The minimum atomic E-state index is -4.63. The number of aliphatic imine (C=N–C) groups is 1. The van der Waals surface area contributed by atoms with Gasteiger partial charge in [-0.05, 0) is 12.1 Å². The van der Waals surface area contributed by atoms with E-state index in [9.17, 15) is 18.0 Å². The second kappa shape index (κ2) is 6.40. The Morgan fingerprint density at radius 3 is 2.62 bits per heavy atom. The summed E-state index contributed by atoms with van der Waals surface area (Å²) in [5.41, 5.74) is 3.94. The molecule has 0 spiro atoms. The van der Waals surface area contributed by atoms with E-state index in [4.69, 9.17) is 17.3 Å². The molecule has 21 heavy (non-hydrogen) atoms. The third-order valence-electron chi connectivity index (χ3n) is 2.67. The van der Waals surface area contributed by atoms with Crippen LogP contribution in [0.2, 0.25) is 5.02 Å². The molecule has 1 heterocycles. The largest absolute Gasteiger partial charge is 0.418 e. The van der Waals surface area contributed by atoms with Crippen molar-refractivity contribution in [2.45, 2.75) is 6.18 Å². The number of alkyl halides is 3. The first-order chi connectivity index (χ1) is 9.30. The Kier molecular flexibility index (Phi) is 5.30. The molecule has 5 nitrogen and oxygen atoms in total. The number of nitrogens with two attached hydrogens (primary N) is 1. The lowest BCUT2D eigenvalue weighted by molar-refractivity contribution is -0.136. The first-order valence-corrected chi connectivity index (χ1v) is 5.92. The van der Waals surface area contributed by atoms with Crippen LogP contribution in [-0.4, -0.2) is 30.0 Å². The van der Waals surface area contributed by atoms with E-state index in [1.54, 1.807) is 0 Å². The van der Waals surface area contributed by atoms with Gasteiger partial charge in [-0.1, -0.05) is 17.7 Å². The van der Waals surface area contributed by atoms with Gasteiger partial charge in [-0.2, -0.15) is 13.2 Å². The van der Waals surface area contributed by atoms with Crippen LogP contribution in [0.15, 0.2) is 23.2 Å². The van der Waals surface area contributed by atoms with Crippen LogP contribution in [0.1, 0.15) is 5.56 Å². The topological polar surface area (TPSA) is 70.7 Å². The van der Waals surface area contributed by atoms with Crippen molar-refractivity contribution < 1.29 is 18.0 Å². The van der Waals surface area contributed by atoms with Crippen molar-refractivity contribution in [1.29, 1.82) is 0 Å². The summed E-state index contributed by atoms with van der Waals surface area (Å²) in [6.45, 7) is 0.525. The van der Waals surface area contributed by atoms with Crippen LogP contribution in [0.3, 0.4) is 0 Å². The Hall–Kier alpha value is -1.67. The molecule has 2 amide bonds. The van der Waals surface area contributed by atoms with Crippen molar-refractivity contribution in [3.63, 3.8) is 0 Å². The average molecular weight is 343 g/mol. The number of halogens is 5. The van der Waals surface area contributed by atoms with E-state index in [1.165, 1.54) is 6.07 Å². The van der Waals surface area contributed by atoms with Crippen molar-refractivity contribution in [3.8, 4) is 0 Å². The van der Waals surface area contributed by atoms with Crippen molar-refractivity contribution in [1.82, 2.24) is 4.90 Å². The van der Waals surface area contributed by atoms with Crippen molar-refractivity contribution >= 4 is 41.7 Å².